The van der Waals surface area contributed by atoms with E-state index in [2.05, 4.69) is 5.32 Å². The summed E-state index contributed by atoms with van der Waals surface area (Å²) in [5.74, 6) is -1.05. The predicted octanol–water partition coefficient (Wildman–Crippen LogP) is -3.87. The Kier molecular flexibility index (Phi) is 11.1. The molecule has 0 aliphatic heterocycles. The molecule has 0 amide bonds. The number of carboxylic acids is 1. The van der Waals surface area contributed by atoms with Crippen LogP contribution in [0.25, 0.3) is 0 Å². The van der Waals surface area contributed by atoms with E-state index in [4.69, 9.17) is 0 Å². The van der Waals surface area contributed by atoms with Crippen molar-refractivity contribution in [3.05, 3.63) is 0 Å². The van der Waals surface area contributed by atoms with E-state index in [1.54, 1.807) is 0 Å². The summed E-state index contributed by atoms with van der Waals surface area (Å²) in [6, 6.07) is 0.267. The average molecular weight is 169 g/mol. The van der Waals surface area contributed by atoms with Crippen molar-refractivity contribution in [1.82, 2.24) is 5.32 Å². The van der Waals surface area contributed by atoms with E-state index in [-0.39, 0.29) is 64.0 Å². The van der Waals surface area contributed by atoms with Crippen molar-refractivity contribution in [2.24, 2.45) is 0 Å². The van der Waals surface area contributed by atoms with Gasteiger partial charge >= 0.3 is 51.4 Å². The van der Waals surface area contributed by atoms with E-state index >= 15 is 0 Å². The first kappa shape index (κ1) is 13.6. The quantitative estimate of drug-likeness (QED) is 0.438. The molecule has 0 heterocycles. The maximum Gasteiger partial charge on any atom is 1.00 e. The zero-order valence-electron chi connectivity index (χ0n) is 6.81. The van der Waals surface area contributed by atoms with Gasteiger partial charge in [-0.05, 0) is 13.3 Å². The number of hydrogen-bond donors (Lipinski definition) is 1. The topological polar surface area (TPSA) is 52.2 Å². The Morgan fingerprint density at radius 3 is 2.50 bits per heavy atom. The molecular formula is C6H12KNO2. The molecule has 0 saturated carbocycles. The molecule has 0 aliphatic rings. The van der Waals surface area contributed by atoms with Crippen molar-refractivity contribution in [3.63, 3.8) is 0 Å². The number of carboxylic acid groups (broad SMARTS) is 1. The monoisotopic (exact) mass is 169 g/mol. The zero-order valence-corrected chi connectivity index (χ0v) is 9.93. The molecule has 0 aromatic rings. The van der Waals surface area contributed by atoms with Crippen molar-refractivity contribution >= 4 is 5.97 Å². The molecule has 0 radical (unpaired) electrons. The second-order valence-corrected chi connectivity index (χ2v) is 2.06. The van der Waals surface area contributed by atoms with Crippen molar-refractivity contribution in [3.8, 4) is 0 Å². The number of carbonyl (C=O) groups excluding carboxylic acids is 1. The van der Waals surface area contributed by atoms with Crippen LogP contribution in [-0.4, -0.2) is 18.6 Å². The van der Waals surface area contributed by atoms with Crippen LogP contribution in [0.5, 0.6) is 0 Å². The maximum absolute atomic E-state index is 9.85. The molecule has 0 aromatic heterocycles. The Labute approximate surface area is 104 Å². The molecule has 0 saturated heterocycles. The molecule has 3 nitrogen and oxygen atoms in total. The summed E-state index contributed by atoms with van der Waals surface area (Å²) in [4.78, 5) is 9.85. The summed E-state index contributed by atoms with van der Waals surface area (Å²) in [6.07, 6.45) is 0.938. The standard InChI is InChI=1S/C6H13NO2.K/c1-3-5(2)7-4-6(8)9;/h5,7H,3-4H2,1-2H3,(H,8,9);/q;+1/p-1. The molecule has 0 rings (SSSR count). The van der Waals surface area contributed by atoms with Crippen molar-refractivity contribution < 1.29 is 61.3 Å². The molecule has 1 atom stereocenters. The molecule has 4 heteroatoms. The fraction of sp³-hybridized carbons (Fsp3) is 0.833. The zero-order chi connectivity index (χ0) is 7.28. The van der Waals surface area contributed by atoms with Gasteiger partial charge in [0.1, 0.15) is 0 Å². The van der Waals surface area contributed by atoms with Crippen molar-refractivity contribution in [1.29, 1.82) is 0 Å². The average Bonchev–Trinajstić information content (AvgIpc) is 1.83. The van der Waals surface area contributed by atoms with Crippen molar-refractivity contribution in [2.45, 2.75) is 26.3 Å². The van der Waals surface area contributed by atoms with Gasteiger partial charge in [-0.25, -0.2) is 0 Å². The van der Waals surface area contributed by atoms with Crippen LogP contribution in [0.2, 0.25) is 0 Å². The Balaban J connectivity index is 0. The Hall–Kier alpha value is 1.07. The van der Waals surface area contributed by atoms with Gasteiger partial charge < -0.3 is 15.2 Å². The first-order valence-corrected chi connectivity index (χ1v) is 3.10. The summed E-state index contributed by atoms with van der Waals surface area (Å²) in [5, 5.41) is 12.6. The van der Waals surface area contributed by atoms with E-state index < -0.39 is 5.97 Å². The van der Waals surface area contributed by atoms with Crippen LogP contribution < -0.4 is 61.8 Å². The number of rotatable bonds is 4. The third-order valence-electron chi connectivity index (χ3n) is 1.21. The second kappa shape index (κ2) is 8.17. The molecule has 1 N–H and O–H groups in total. The van der Waals surface area contributed by atoms with Gasteiger partial charge in [0.25, 0.3) is 0 Å². The summed E-state index contributed by atoms with van der Waals surface area (Å²) in [7, 11) is 0. The normalized spacial score (nSPS) is 11.8. The van der Waals surface area contributed by atoms with Crippen LogP contribution in [0.15, 0.2) is 0 Å². The SMILES string of the molecule is CCC(C)NCC(=O)[O-].[K+]. The van der Waals surface area contributed by atoms with E-state index in [1.807, 2.05) is 13.8 Å². The Bertz CT molecular complexity index is 97.7. The fourth-order valence-electron chi connectivity index (χ4n) is 0.402. The van der Waals surface area contributed by atoms with Gasteiger partial charge in [-0.15, -0.1) is 0 Å². The van der Waals surface area contributed by atoms with Crippen LogP contribution in [0.1, 0.15) is 20.3 Å². The third kappa shape index (κ3) is 9.07. The first-order chi connectivity index (χ1) is 4.16. The van der Waals surface area contributed by atoms with Gasteiger partial charge in [-0.3, -0.25) is 0 Å². The minimum atomic E-state index is -1.05. The van der Waals surface area contributed by atoms with Gasteiger partial charge in [0.15, 0.2) is 0 Å². The van der Waals surface area contributed by atoms with Crippen LogP contribution in [0.3, 0.4) is 0 Å². The molecule has 1 unspecified atom stereocenters. The fourth-order valence-corrected chi connectivity index (χ4v) is 0.402. The summed E-state index contributed by atoms with van der Waals surface area (Å²) in [6.45, 7) is 3.88. The van der Waals surface area contributed by atoms with E-state index in [1.165, 1.54) is 0 Å². The van der Waals surface area contributed by atoms with Gasteiger partial charge in [0.2, 0.25) is 0 Å². The van der Waals surface area contributed by atoms with E-state index in [0.717, 1.165) is 6.42 Å². The molecule has 0 aliphatic carbocycles. The summed E-state index contributed by atoms with van der Waals surface area (Å²) >= 11 is 0. The minimum Gasteiger partial charge on any atom is -0.549 e. The minimum absolute atomic E-state index is 0. The summed E-state index contributed by atoms with van der Waals surface area (Å²) in [5.41, 5.74) is 0. The molecule has 54 valence electrons. The number of hydrogen-bond acceptors (Lipinski definition) is 3. The van der Waals surface area contributed by atoms with Crippen LogP contribution in [0, 0.1) is 0 Å². The van der Waals surface area contributed by atoms with Gasteiger partial charge in [-0.1, -0.05) is 6.92 Å². The molecular weight excluding hydrogens is 157 g/mol. The third-order valence-corrected chi connectivity index (χ3v) is 1.21. The Morgan fingerprint density at radius 2 is 2.20 bits per heavy atom. The molecule has 0 fully saturated rings. The second-order valence-electron chi connectivity index (χ2n) is 2.06. The predicted molar refractivity (Wildman–Crippen MR) is 32.8 cm³/mol. The van der Waals surface area contributed by atoms with Crippen LogP contribution in [-0.2, 0) is 4.79 Å². The molecule has 0 aromatic carbocycles. The Morgan fingerprint density at radius 1 is 1.70 bits per heavy atom. The smallest absolute Gasteiger partial charge is 0.549 e. The van der Waals surface area contributed by atoms with Gasteiger partial charge in [0.05, 0.1) is 5.97 Å². The molecule has 0 spiro atoms. The first-order valence-electron chi connectivity index (χ1n) is 3.10. The summed E-state index contributed by atoms with van der Waals surface area (Å²) < 4.78 is 0. The van der Waals surface area contributed by atoms with E-state index in [0.29, 0.717) is 0 Å². The number of aliphatic carboxylic acids is 1. The van der Waals surface area contributed by atoms with Crippen molar-refractivity contribution in [2.75, 3.05) is 6.54 Å². The maximum atomic E-state index is 9.85. The van der Waals surface area contributed by atoms with Gasteiger partial charge in [0, 0.05) is 12.6 Å². The number of carbonyl (C=O) groups is 1. The largest absolute Gasteiger partial charge is 1.00 e. The molecule has 10 heavy (non-hydrogen) atoms. The number of nitrogens with one attached hydrogen (secondary N) is 1. The van der Waals surface area contributed by atoms with Crippen LogP contribution >= 0.6 is 0 Å². The molecule has 0 bridgehead atoms. The van der Waals surface area contributed by atoms with Gasteiger partial charge in [-0.2, -0.15) is 0 Å². The van der Waals surface area contributed by atoms with E-state index in [9.17, 15) is 9.90 Å². The van der Waals surface area contributed by atoms with Crippen LogP contribution in [0.4, 0.5) is 0 Å².